The summed E-state index contributed by atoms with van der Waals surface area (Å²) >= 11 is 3.72. The summed E-state index contributed by atoms with van der Waals surface area (Å²) in [4.78, 5) is 32.0. The number of aliphatic hydroxyl groups is 1. The molecule has 0 aliphatic carbocycles. The molecule has 2 fully saturated rings. The minimum absolute atomic E-state index is 0.0179. The number of halogens is 1. The van der Waals surface area contributed by atoms with Crippen molar-refractivity contribution in [1.29, 1.82) is 0 Å². The van der Waals surface area contributed by atoms with Crippen LogP contribution >= 0.6 is 15.9 Å². The molecule has 0 bridgehead atoms. The monoisotopic (exact) mass is 799 g/mol. The lowest BCUT2D eigenvalue weighted by atomic mass is 9.82. The van der Waals surface area contributed by atoms with E-state index in [1.54, 1.807) is 7.11 Å². The smallest absolute Gasteiger partial charge is 0.264 e. The van der Waals surface area contributed by atoms with Crippen LogP contribution in [0.2, 0.25) is 18.6 Å². The average molecular weight is 801 g/mol. The van der Waals surface area contributed by atoms with Crippen LogP contribution in [0.4, 0.5) is 11.4 Å². The number of methoxy groups -OCH3 is 1. The minimum Gasteiger partial charge on any atom is -0.497 e. The second kappa shape index (κ2) is 15.5. The Bertz CT molecular complexity index is 1940. The van der Waals surface area contributed by atoms with Crippen LogP contribution in [-0.2, 0) is 39.4 Å². The van der Waals surface area contributed by atoms with Crippen molar-refractivity contribution in [3.05, 3.63) is 94.2 Å². The number of nitrogens with zero attached hydrogens (tertiary/aromatic N) is 5. The molecule has 0 saturated carbocycles. The van der Waals surface area contributed by atoms with Gasteiger partial charge in [0.1, 0.15) is 5.75 Å². The molecule has 2 saturated heterocycles. The SMILES string of the molecule is COc1ccc([Si](C)(C)[C@H]2[C@H](CCn3cc(CCO)nn3)O[C@@]3(C(=O)N(Cc4ccc(N5CCCCCCC5=O)cc4)c4ccc(Br)cc43)[C@@H]2C)cc1. The Hall–Kier alpha value is -3.84. The van der Waals surface area contributed by atoms with Crippen molar-refractivity contribution in [2.75, 3.05) is 30.1 Å². The number of aryl methyl sites for hydroxylation is 1. The number of ether oxygens (including phenoxy) is 2. The summed E-state index contributed by atoms with van der Waals surface area (Å²) in [6.07, 6.45) is 7.54. The van der Waals surface area contributed by atoms with Crippen molar-refractivity contribution in [1.82, 2.24) is 15.0 Å². The third kappa shape index (κ3) is 7.11. The number of hydrogen-bond acceptors (Lipinski definition) is 7. The largest absolute Gasteiger partial charge is 0.497 e. The van der Waals surface area contributed by atoms with Gasteiger partial charge in [0.15, 0.2) is 5.60 Å². The molecule has 280 valence electrons. The van der Waals surface area contributed by atoms with Crippen molar-refractivity contribution in [3.63, 3.8) is 0 Å². The number of hydrogen-bond donors (Lipinski definition) is 1. The zero-order valence-electron chi connectivity index (χ0n) is 31.1. The van der Waals surface area contributed by atoms with Crippen molar-refractivity contribution < 1.29 is 24.2 Å². The quantitative estimate of drug-likeness (QED) is 0.168. The zero-order chi connectivity index (χ0) is 37.3. The maximum absolute atomic E-state index is 15.2. The van der Waals surface area contributed by atoms with Gasteiger partial charge in [-0.15, -0.1) is 5.10 Å². The van der Waals surface area contributed by atoms with Gasteiger partial charge in [0.25, 0.3) is 5.91 Å². The Morgan fingerprint density at radius 3 is 2.51 bits per heavy atom. The molecule has 4 heterocycles. The van der Waals surface area contributed by atoms with Gasteiger partial charge in [0, 0.05) is 60.4 Å². The number of fused-ring (bicyclic) bond motifs is 2. The van der Waals surface area contributed by atoms with Crippen LogP contribution in [0, 0.1) is 5.92 Å². The summed E-state index contributed by atoms with van der Waals surface area (Å²) < 4.78 is 15.5. The molecule has 4 aromatic rings. The molecule has 12 heteroatoms. The Balaban J connectivity index is 1.22. The number of benzene rings is 3. The number of aromatic nitrogens is 3. The zero-order valence-corrected chi connectivity index (χ0v) is 33.7. The van der Waals surface area contributed by atoms with E-state index < -0.39 is 13.7 Å². The number of carbonyl (C=O) groups excluding carboxylic acids is 2. The highest BCUT2D eigenvalue weighted by Crippen LogP contribution is 2.60. The number of aliphatic hydroxyl groups excluding tert-OH is 1. The molecule has 3 aliphatic heterocycles. The second-order valence-corrected chi connectivity index (χ2v) is 20.9. The first kappa shape index (κ1) is 37.5. The maximum atomic E-state index is 15.2. The van der Waals surface area contributed by atoms with Gasteiger partial charge in [-0.1, -0.05) is 83.5 Å². The summed E-state index contributed by atoms with van der Waals surface area (Å²) in [5.74, 6) is 0.817. The lowest BCUT2D eigenvalue weighted by molar-refractivity contribution is -0.146. The van der Waals surface area contributed by atoms with E-state index in [0.717, 1.165) is 70.6 Å². The number of carbonyl (C=O) groups is 2. The number of anilines is 2. The number of rotatable bonds is 11. The molecule has 7 rings (SSSR count). The standard InChI is InChI=1S/C41H50BrN5O5Si/c1-28-39(53(3,4)34-17-15-33(51-2)16-18-34)37(20-23-45-27-31(21-24-48)43-44-45)52-41(28)35-25-30(42)12-19-36(35)47(40(41)50)26-29-10-13-32(14-11-29)46-22-8-6-5-7-9-38(46)49/h10-19,25,27-28,37,39,48H,5-9,20-24,26H2,1-4H3/t28-,37+,39-,41+/m1/s1. The van der Waals surface area contributed by atoms with Crippen LogP contribution in [0.15, 0.2) is 77.4 Å². The Morgan fingerprint density at radius 2 is 1.77 bits per heavy atom. The molecule has 10 nitrogen and oxygen atoms in total. The van der Waals surface area contributed by atoms with Crippen LogP contribution in [0.3, 0.4) is 0 Å². The highest BCUT2D eigenvalue weighted by Gasteiger charge is 2.66. The van der Waals surface area contributed by atoms with Crippen molar-refractivity contribution in [2.45, 2.75) is 95.3 Å². The Morgan fingerprint density at radius 1 is 1.02 bits per heavy atom. The lowest BCUT2D eigenvalue weighted by Gasteiger charge is -2.37. The first-order valence-corrected chi connectivity index (χ1v) is 22.8. The normalized spacial score (nSPS) is 23.4. The summed E-state index contributed by atoms with van der Waals surface area (Å²) in [7, 11) is -0.637. The summed E-state index contributed by atoms with van der Waals surface area (Å²) in [5, 5.41) is 19.3. The molecule has 3 aromatic carbocycles. The molecule has 3 aliphatic rings. The lowest BCUT2D eigenvalue weighted by Crippen LogP contribution is -2.51. The van der Waals surface area contributed by atoms with Crippen LogP contribution in [0.25, 0.3) is 0 Å². The fraction of sp³-hybridized carbons (Fsp3) is 0.463. The van der Waals surface area contributed by atoms with Gasteiger partial charge in [0.05, 0.1) is 39.2 Å². The summed E-state index contributed by atoms with van der Waals surface area (Å²) in [6, 6.07) is 22.6. The van der Waals surface area contributed by atoms with Crippen molar-refractivity contribution in [3.8, 4) is 5.75 Å². The first-order chi connectivity index (χ1) is 25.6. The van der Waals surface area contributed by atoms with Gasteiger partial charge in [-0.2, -0.15) is 0 Å². The third-order valence-corrected chi connectivity index (χ3v) is 16.7. The van der Waals surface area contributed by atoms with E-state index in [2.05, 4.69) is 64.5 Å². The van der Waals surface area contributed by atoms with Gasteiger partial charge >= 0.3 is 0 Å². The van der Waals surface area contributed by atoms with Gasteiger partial charge in [-0.3, -0.25) is 14.3 Å². The van der Waals surface area contributed by atoms with Gasteiger partial charge in [-0.05, 0) is 72.8 Å². The fourth-order valence-corrected chi connectivity index (χ4v) is 13.5. The van der Waals surface area contributed by atoms with Gasteiger partial charge in [0.2, 0.25) is 5.91 Å². The maximum Gasteiger partial charge on any atom is 0.264 e. The average Bonchev–Trinajstić information content (AvgIpc) is 3.79. The predicted molar refractivity (Wildman–Crippen MR) is 212 cm³/mol. The third-order valence-electron chi connectivity index (χ3n) is 11.8. The molecular weight excluding hydrogens is 750 g/mol. The molecule has 2 amide bonds. The summed E-state index contributed by atoms with van der Waals surface area (Å²) in [5.41, 5.74) is 3.31. The van der Waals surface area contributed by atoms with E-state index in [1.165, 1.54) is 5.19 Å². The molecule has 4 atom stereocenters. The van der Waals surface area contributed by atoms with Crippen molar-refractivity contribution in [2.24, 2.45) is 5.92 Å². The molecule has 1 aromatic heterocycles. The Kier molecular flexibility index (Phi) is 10.9. The van der Waals surface area contributed by atoms with Crippen molar-refractivity contribution >= 4 is 52.4 Å². The molecule has 53 heavy (non-hydrogen) atoms. The van der Waals surface area contributed by atoms with Crippen LogP contribution in [0.5, 0.6) is 5.75 Å². The van der Waals surface area contributed by atoms with E-state index >= 15 is 4.79 Å². The summed E-state index contributed by atoms with van der Waals surface area (Å²) in [6.45, 7) is 8.70. The molecule has 1 N–H and O–H groups in total. The minimum atomic E-state index is -2.32. The van der Waals surface area contributed by atoms with E-state index in [1.807, 2.05) is 69.2 Å². The van der Waals surface area contributed by atoms with E-state index in [0.29, 0.717) is 32.4 Å². The Labute approximate surface area is 321 Å². The second-order valence-electron chi connectivity index (χ2n) is 15.3. The predicted octanol–water partition coefficient (Wildman–Crippen LogP) is 6.73. The van der Waals surface area contributed by atoms with Gasteiger partial charge < -0.3 is 24.4 Å². The first-order valence-electron chi connectivity index (χ1n) is 18.9. The van der Waals surface area contributed by atoms with E-state index in [4.69, 9.17) is 9.47 Å². The van der Waals surface area contributed by atoms with Gasteiger partial charge in [-0.25, -0.2) is 0 Å². The highest BCUT2D eigenvalue weighted by atomic mass is 79.9. The topological polar surface area (TPSA) is 110 Å². The fourth-order valence-electron chi connectivity index (χ4n) is 9.05. The molecular formula is C41H50BrN5O5Si. The molecule has 0 radical (unpaired) electrons. The molecule has 0 unspecified atom stereocenters. The van der Waals surface area contributed by atoms with Crippen LogP contribution in [-0.4, -0.2) is 66.4 Å². The highest BCUT2D eigenvalue weighted by molar-refractivity contribution is 9.10. The van der Waals surface area contributed by atoms with Crippen LogP contribution < -0.4 is 19.7 Å². The van der Waals surface area contributed by atoms with E-state index in [-0.39, 0.29) is 36.0 Å². The number of amides is 2. The molecule has 1 spiro atoms. The van der Waals surface area contributed by atoms with Crippen LogP contribution in [0.1, 0.15) is 62.3 Å². The van der Waals surface area contributed by atoms with E-state index in [9.17, 15) is 9.90 Å².